The van der Waals surface area contributed by atoms with Gasteiger partial charge in [-0.1, -0.05) is 19.9 Å². The van der Waals surface area contributed by atoms with Crippen LogP contribution >= 0.6 is 0 Å². The second kappa shape index (κ2) is 6.51. The summed E-state index contributed by atoms with van der Waals surface area (Å²) in [4.78, 5) is 0. The molecule has 0 heterocycles. The Morgan fingerprint density at radius 2 is 1.54 bits per heavy atom. The molecule has 67 valence electrons. The summed E-state index contributed by atoms with van der Waals surface area (Å²) in [6.07, 6.45) is 5.10. The van der Waals surface area contributed by atoms with Crippen LogP contribution in [0.15, 0.2) is 24.8 Å². The van der Waals surface area contributed by atoms with Crippen molar-refractivity contribution in [3.05, 3.63) is 47.5 Å². The number of hydrogen-bond acceptors (Lipinski definition) is 0. The molecule has 0 N–H and O–H groups in total. The van der Waals surface area contributed by atoms with E-state index in [-0.39, 0.29) is 32.7 Å². The quantitative estimate of drug-likeness (QED) is 0.721. The second-order valence-corrected chi connectivity index (χ2v) is 2.92. The van der Waals surface area contributed by atoms with Crippen LogP contribution in [0.1, 0.15) is 30.5 Å². The molecule has 0 fully saturated rings. The predicted octanol–water partition coefficient (Wildman–Crippen LogP) is 3.15. The zero-order valence-electron chi connectivity index (χ0n) is 8.43. The van der Waals surface area contributed by atoms with Crippen molar-refractivity contribution in [1.29, 1.82) is 0 Å². The van der Waals surface area contributed by atoms with E-state index in [4.69, 9.17) is 0 Å². The molecule has 0 amide bonds. The molecule has 1 aromatic rings. The van der Waals surface area contributed by atoms with Crippen LogP contribution in [0, 0.1) is 6.08 Å². The average Bonchev–Trinajstić information content (AvgIpc) is 2.16. The third-order valence-corrected chi connectivity index (χ3v) is 2.07. The van der Waals surface area contributed by atoms with Crippen LogP contribution in [0.3, 0.4) is 0 Å². The molecule has 0 aliphatic rings. The maximum absolute atomic E-state index is 3.66. The average molecular weight is 248 g/mol. The van der Waals surface area contributed by atoms with Gasteiger partial charge in [-0.3, -0.25) is 0 Å². The Balaban J connectivity index is 0.00000144. The molecule has 0 saturated carbocycles. The van der Waals surface area contributed by atoms with E-state index < -0.39 is 0 Å². The SMILES string of the molecule is C=[C-]c1cc(CC)cc(CC)c1.[Y]. The van der Waals surface area contributed by atoms with Gasteiger partial charge in [-0.15, -0.1) is 11.1 Å². The van der Waals surface area contributed by atoms with Crippen LogP contribution in [0.2, 0.25) is 0 Å². The first-order valence-corrected chi connectivity index (χ1v) is 4.46. The Bertz CT molecular complexity index is 254. The molecule has 0 aliphatic heterocycles. The van der Waals surface area contributed by atoms with Crippen LogP contribution < -0.4 is 0 Å². The zero-order valence-corrected chi connectivity index (χ0v) is 11.3. The summed E-state index contributed by atoms with van der Waals surface area (Å²) in [6, 6.07) is 6.54. The molecule has 0 nitrogen and oxygen atoms in total. The van der Waals surface area contributed by atoms with Gasteiger partial charge in [0.15, 0.2) is 0 Å². The van der Waals surface area contributed by atoms with Gasteiger partial charge in [0.1, 0.15) is 0 Å². The molecule has 0 aromatic heterocycles. The van der Waals surface area contributed by atoms with E-state index in [2.05, 4.69) is 44.7 Å². The van der Waals surface area contributed by atoms with Gasteiger partial charge < -0.3 is 0 Å². The van der Waals surface area contributed by atoms with Crippen molar-refractivity contribution >= 4 is 0 Å². The molecule has 0 atom stereocenters. The molecule has 1 aromatic carbocycles. The third-order valence-electron chi connectivity index (χ3n) is 2.07. The molecule has 0 unspecified atom stereocenters. The topological polar surface area (TPSA) is 0 Å². The van der Waals surface area contributed by atoms with Gasteiger partial charge in [-0.2, -0.15) is 30.4 Å². The van der Waals surface area contributed by atoms with Gasteiger partial charge in [-0.25, -0.2) is 0 Å². The minimum atomic E-state index is 0. The molecule has 1 radical (unpaired) electrons. The monoisotopic (exact) mass is 248 g/mol. The van der Waals surface area contributed by atoms with Crippen molar-refractivity contribution in [2.45, 2.75) is 26.7 Å². The number of rotatable bonds is 3. The Labute approximate surface area is 106 Å². The summed E-state index contributed by atoms with van der Waals surface area (Å²) in [6.45, 7) is 7.99. The molecule has 0 saturated heterocycles. The Kier molecular flexibility index (Phi) is 6.54. The summed E-state index contributed by atoms with van der Waals surface area (Å²) in [5.74, 6) is 0. The van der Waals surface area contributed by atoms with Crippen LogP contribution in [0.4, 0.5) is 0 Å². The molecular formula is C12H15Y-. The third kappa shape index (κ3) is 3.74. The van der Waals surface area contributed by atoms with Crippen LogP contribution in [0.25, 0.3) is 0 Å². The van der Waals surface area contributed by atoms with Crippen molar-refractivity contribution in [2.24, 2.45) is 0 Å². The van der Waals surface area contributed by atoms with E-state index in [9.17, 15) is 0 Å². The van der Waals surface area contributed by atoms with E-state index in [0.29, 0.717) is 0 Å². The van der Waals surface area contributed by atoms with E-state index in [1.165, 1.54) is 11.1 Å². The molecular weight excluding hydrogens is 233 g/mol. The molecule has 1 rings (SSSR count). The maximum Gasteiger partial charge on any atom is 0 e. The first-order valence-electron chi connectivity index (χ1n) is 4.46. The van der Waals surface area contributed by atoms with Gasteiger partial charge in [0.25, 0.3) is 0 Å². The summed E-state index contributed by atoms with van der Waals surface area (Å²) < 4.78 is 0. The zero-order chi connectivity index (χ0) is 8.97. The minimum Gasteiger partial charge on any atom is -0.193 e. The smallest absolute Gasteiger partial charge is 0 e. The molecule has 13 heavy (non-hydrogen) atoms. The summed E-state index contributed by atoms with van der Waals surface area (Å²) in [5, 5.41) is 0. The summed E-state index contributed by atoms with van der Waals surface area (Å²) in [5.41, 5.74) is 3.87. The van der Waals surface area contributed by atoms with Crippen LogP contribution in [-0.4, -0.2) is 0 Å². The van der Waals surface area contributed by atoms with Crippen LogP contribution in [0.5, 0.6) is 0 Å². The van der Waals surface area contributed by atoms with Crippen molar-refractivity contribution in [2.75, 3.05) is 0 Å². The maximum atomic E-state index is 3.66. The normalized spacial score (nSPS) is 9.08. The van der Waals surface area contributed by atoms with Gasteiger partial charge in [0.2, 0.25) is 0 Å². The van der Waals surface area contributed by atoms with Crippen molar-refractivity contribution in [3.63, 3.8) is 0 Å². The second-order valence-electron chi connectivity index (χ2n) is 2.92. The van der Waals surface area contributed by atoms with Gasteiger partial charge >= 0.3 is 0 Å². The molecule has 0 bridgehead atoms. The number of aryl methyl sites for hydroxylation is 2. The van der Waals surface area contributed by atoms with Crippen molar-refractivity contribution < 1.29 is 32.7 Å². The number of hydrogen-bond donors (Lipinski definition) is 0. The van der Waals surface area contributed by atoms with Gasteiger partial charge in [0, 0.05) is 32.7 Å². The molecule has 0 spiro atoms. The fourth-order valence-corrected chi connectivity index (χ4v) is 1.27. The van der Waals surface area contributed by atoms with Gasteiger partial charge in [0.05, 0.1) is 0 Å². The molecule has 0 aliphatic carbocycles. The fraction of sp³-hybridized carbons (Fsp3) is 0.333. The Morgan fingerprint density at radius 1 is 1.08 bits per heavy atom. The first-order chi connectivity index (χ1) is 5.80. The number of benzene rings is 1. The first kappa shape index (κ1) is 13.1. The van der Waals surface area contributed by atoms with Crippen molar-refractivity contribution in [3.8, 4) is 0 Å². The van der Waals surface area contributed by atoms with E-state index in [1.807, 2.05) is 0 Å². The Hall–Kier alpha value is 0.0639. The Morgan fingerprint density at radius 3 is 1.85 bits per heavy atom. The van der Waals surface area contributed by atoms with E-state index >= 15 is 0 Å². The molecule has 1 heteroatoms. The fourth-order valence-electron chi connectivity index (χ4n) is 1.27. The predicted molar refractivity (Wildman–Crippen MR) is 53.2 cm³/mol. The van der Waals surface area contributed by atoms with E-state index in [0.717, 1.165) is 18.4 Å². The van der Waals surface area contributed by atoms with Crippen LogP contribution in [-0.2, 0) is 45.6 Å². The van der Waals surface area contributed by atoms with Gasteiger partial charge in [-0.05, 0) is 12.8 Å². The van der Waals surface area contributed by atoms with E-state index in [1.54, 1.807) is 0 Å². The summed E-state index contributed by atoms with van der Waals surface area (Å²) in [7, 11) is 0. The minimum absolute atomic E-state index is 0. The van der Waals surface area contributed by atoms with Crippen molar-refractivity contribution in [1.82, 2.24) is 0 Å². The standard InChI is InChI=1S/C12H15.Y/c1-4-10-7-11(5-2)9-12(6-3)8-10;/h7-9H,1,5-6H2,2-3H3;/q-1;. The summed E-state index contributed by atoms with van der Waals surface area (Å²) >= 11 is 0. The largest absolute Gasteiger partial charge is 0.193 e.